The normalized spacial score (nSPS) is 33.8. The van der Waals surface area contributed by atoms with Gasteiger partial charge in [0, 0.05) is 18.9 Å². The van der Waals surface area contributed by atoms with Gasteiger partial charge >= 0.3 is 5.97 Å². The number of piperidine rings is 1. The standard InChI is InChI=1S/C32H51NO7/c1-22(19-25-13-15-26(34)16-14-25)9-5-4-6-10-23(2)29(35)20-27-17-12-24(3)32(39,40-27)21-30(36)33-18-8-7-11-28(33)31(37)38/h4-6,9-10,22,24-29,34-35,39H,7-8,11-21H2,1-3H3,(H,37,38)/b6-4+,9-5+,23-10+/t22-,24-,25?,26?,27+,28+,29+,32+/m1/s1. The first kappa shape index (κ1) is 32.5. The molecule has 0 spiro atoms. The van der Waals surface area contributed by atoms with Crippen LogP contribution in [0.15, 0.2) is 36.0 Å². The Morgan fingerprint density at radius 2 is 1.75 bits per heavy atom. The number of carbonyl (C=O) groups is 2. The summed E-state index contributed by atoms with van der Waals surface area (Å²) in [4.78, 5) is 26.0. The zero-order valence-corrected chi connectivity index (χ0v) is 24.6. The van der Waals surface area contributed by atoms with Crippen molar-refractivity contribution in [2.24, 2.45) is 17.8 Å². The Morgan fingerprint density at radius 1 is 1.02 bits per heavy atom. The number of aliphatic hydroxyl groups is 3. The number of likely N-dealkylation sites (tertiary alicyclic amines) is 1. The smallest absolute Gasteiger partial charge is 0.326 e. The molecule has 4 N–H and O–H groups in total. The fraction of sp³-hybridized carbons (Fsp3) is 0.750. The molecule has 3 rings (SSSR count). The Morgan fingerprint density at radius 3 is 2.45 bits per heavy atom. The Hall–Kier alpha value is -2.00. The van der Waals surface area contributed by atoms with E-state index in [9.17, 15) is 30.0 Å². The number of allylic oxidation sites excluding steroid dienone is 5. The van der Waals surface area contributed by atoms with Gasteiger partial charge in [-0.15, -0.1) is 0 Å². The van der Waals surface area contributed by atoms with Crippen molar-refractivity contribution >= 4 is 11.9 Å². The first-order valence-electron chi connectivity index (χ1n) is 15.3. The minimum absolute atomic E-state index is 0.114. The maximum absolute atomic E-state index is 13.0. The first-order chi connectivity index (χ1) is 19.0. The molecular formula is C32H51NO7. The molecule has 0 radical (unpaired) electrons. The summed E-state index contributed by atoms with van der Waals surface area (Å²) in [5.41, 5.74) is 0.790. The van der Waals surface area contributed by atoms with Gasteiger partial charge in [0.15, 0.2) is 5.79 Å². The third kappa shape index (κ3) is 9.54. The average Bonchev–Trinajstić information content (AvgIpc) is 2.91. The number of nitrogens with zero attached hydrogens (tertiary/aromatic N) is 1. The fourth-order valence-corrected chi connectivity index (χ4v) is 6.37. The molecule has 1 amide bonds. The highest BCUT2D eigenvalue weighted by Crippen LogP contribution is 2.37. The first-order valence-corrected chi connectivity index (χ1v) is 15.3. The number of carboxylic acids is 1. The van der Waals surface area contributed by atoms with Crippen LogP contribution in [-0.4, -0.2) is 73.9 Å². The number of carbonyl (C=O) groups excluding carboxylic acids is 1. The molecule has 6 atom stereocenters. The summed E-state index contributed by atoms with van der Waals surface area (Å²) >= 11 is 0. The topological polar surface area (TPSA) is 128 Å². The lowest BCUT2D eigenvalue weighted by Crippen LogP contribution is -2.54. The highest BCUT2D eigenvalue weighted by Gasteiger charge is 2.45. The Bertz CT molecular complexity index is 922. The minimum atomic E-state index is -1.68. The molecule has 0 aromatic heterocycles. The third-order valence-electron chi connectivity index (χ3n) is 9.13. The lowest BCUT2D eigenvalue weighted by atomic mass is 9.82. The van der Waals surface area contributed by atoms with Gasteiger partial charge in [-0.2, -0.15) is 0 Å². The van der Waals surface area contributed by atoms with Gasteiger partial charge < -0.3 is 30.1 Å². The van der Waals surface area contributed by atoms with Crippen LogP contribution in [0.5, 0.6) is 0 Å². The molecule has 3 aliphatic rings. The molecule has 226 valence electrons. The van der Waals surface area contributed by atoms with Crippen molar-refractivity contribution in [1.82, 2.24) is 4.90 Å². The van der Waals surface area contributed by atoms with Gasteiger partial charge in [-0.3, -0.25) is 4.79 Å². The van der Waals surface area contributed by atoms with Gasteiger partial charge in [0.1, 0.15) is 6.04 Å². The molecule has 8 heteroatoms. The van der Waals surface area contributed by atoms with E-state index in [1.165, 1.54) is 4.90 Å². The summed E-state index contributed by atoms with van der Waals surface area (Å²) in [7, 11) is 0. The van der Waals surface area contributed by atoms with Gasteiger partial charge in [-0.1, -0.05) is 44.2 Å². The quantitative estimate of drug-likeness (QED) is 0.269. The number of aliphatic hydroxyl groups excluding tert-OH is 2. The largest absolute Gasteiger partial charge is 0.480 e. The Labute approximate surface area is 239 Å². The van der Waals surface area contributed by atoms with Crippen LogP contribution in [0.1, 0.15) is 97.8 Å². The third-order valence-corrected chi connectivity index (χ3v) is 9.13. The van der Waals surface area contributed by atoms with Gasteiger partial charge in [0.25, 0.3) is 0 Å². The van der Waals surface area contributed by atoms with Crippen LogP contribution < -0.4 is 0 Å². The number of amides is 1. The van der Waals surface area contributed by atoms with E-state index in [1.807, 2.05) is 38.2 Å². The number of aliphatic carboxylic acids is 1. The molecule has 0 unspecified atom stereocenters. The molecule has 0 aromatic rings. The van der Waals surface area contributed by atoms with Crippen LogP contribution in [-0.2, 0) is 14.3 Å². The monoisotopic (exact) mass is 561 g/mol. The van der Waals surface area contributed by atoms with Crippen molar-refractivity contribution in [1.29, 1.82) is 0 Å². The van der Waals surface area contributed by atoms with Crippen molar-refractivity contribution < 1.29 is 34.8 Å². The van der Waals surface area contributed by atoms with E-state index in [4.69, 9.17) is 4.74 Å². The summed E-state index contributed by atoms with van der Waals surface area (Å²) in [5.74, 6) is -2.21. The average molecular weight is 562 g/mol. The molecule has 0 aromatic carbocycles. The number of ether oxygens (including phenoxy) is 1. The van der Waals surface area contributed by atoms with Crippen LogP contribution >= 0.6 is 0 Å². The van der Waals surface area contributed by atoms with Crippen molar-refractivity contribution in [3.63, 3.8) is 0 Å². The van der Waals surface area contributed by atoms with Gasteiger partial charge in [0.05, 0.1) is 24.7 Å². The lowest BCUT2D eigenvalue weighted by molar-refractivity contribution is -0.283. The zero-order chi connectivity index (χ0) is 29.3. The van der Waals surface area contributed by atoms with Crippen LogP contribution in [0, 0.1) is 17.8 Å². The van der Waals surface area contributed by atoms with E-state index in [-0.39, 0.29) is 18.4 Å². The van der Waals surface area contributed by atoms with Crippen molar-refractivity contribution in [2.45, 2.75) is 128 Å². The van der Waals surface area contributed by atoms with E-state index >= 15 is 0 Å². The zero-order valence-electron chi connectivity index (χ0n) is 24.6. The van der Waals surface area contributed by atoms with Crippen LogP contribution in [0.2, 0.25) is 0 Å². The molecular weight excluding hydrogens is 510 g/mol. The second kappa shape index (κ2) is 15.3. The molecule has 2 saturated heterocycles. The molecule has 3 fully saturated rings. The van der Waals surface area contributed by atoms with E-state index in [2.05, 4.69) is 13.0 Å². The Kier molecular flexibility index (Phi) is 12.4. The maximum atomic E-state index is 13.0. The molecule has 2 aliphatic heterocycles. The maximum Gasteiger partial charge on any atom is 0.326 e. The highest BCUT2D eigenvalue weighted by molar-refractivity contribution is 5.84. The molecule has 1 aliphatic carbocycles. The molecule has 1 saturated carbocycles. The predicted molar refractivity (Wildman–Crippen MR) is 154 cm³/mol. The summed E-state index contributed by atoms with van der Waals surface area (Å²) in [6.45, 7) is 6.30. The molecule has 8 nitrogen and oxygen atoms in total. The summed E-state index contributed by atoms with van der Waals surface area (Å²) in [6, 6.07) is -0.854. The van der Waals surface area contributed by atoms with Crippen molar-refractivity contribution in [2.75, 3.05) is 6.54 Å². The number of carboxylic acid groups (broad SMARTS) is 1. The predicted octanol–water partition coefficient (Wildman–Crippen LogP) is 4.73. The summed E-state index contributed by atoms with van der Waals surface area (Å²) < 4.78 is 6.03. The van der Waals surface area contributed by atoms with Crippen molar-refractivity contribution in [3.05, 3.63) is 36.0 Å². The summed E-state index contributed by atoms with van der Waals surface area (Å²) in [6.07, 6.45) is 17.2. The van der Waals surface area contributed by atoms with E-state index < -0.39 is 35.9 Å². The number of hydrogen-bond donors (Lipinski definition) is 4. The van der Waals surface area contributed by atoms with Gasteiger partial charge in [-0.25, -0.2) is 4.79 Å². The lowest BCUT2D eigenvalue weighted by Gasteiger charge is -2.43. The molecule has 2 heterocycles. The van der Waals surface area contributed by atoms with Crippen LogP contribution in [0.3, 0.4) is 0 Å². The Balaban J connectivity index is 1.48. The number of rotatable bonds is 11. The van der Waals surface area contributed by atoms with Crippen LogP contribution in [0.4, 0.5) is 0 Å². The molecule has 40 heavy (non-hydrogen) atoms. The molecule has 0 bridgehead atoms. The van der Waals surface area contributed by atoms with E-state index in [0.29, 0.717) is 44.1 Å². The van der Waals surface area contributed by atoms with Gasteiger partial charge in [-0.05, 0) is 88.5 Å². The van der Waals surface area contributed by atoms with E-state index in [0.717, 1.165) is 50.5 Å². The van der Waals surface area contributed by atoms with E-state index in [1.54, 1.807) is 0 Å². The second-order valence-corrected chi connectivity index (χ2v) is 12.5. The second-order valence-electron chi connectivity index (χ2n) is 12.5. The highest BCUT2D eigenvalue weighted by atomic mass is 16.6. The minimum Gasteiger partial charge on any atom is -0.480 e. The van der Waals surface area contributed by atoms with Gasteiger partial charge in [0.2, 0.25) is 5.91 Å². The SMILES string of the molecule is C\C(=C/C=C/C=C/[C@@H](C)CC1CCC(O)CC1)[C@@H](O)C[C@@H]1CC[C@@H](C)[C@](O)(CC(=O)N2CCCC[C@H]2C(=O)O)O1. The van der Waals surface area contributed by atoms with Crippen molar-refractivity contribution in [3.8, 4) is 0 Å². The summed E-state index contributed by atoms with van der Waals surface area (Å²) in [5, 5.41) is 41.3. The fourth-order valence-electron chi connectivity index (χ4n) is 6.37. The number of hydrogen-bond acceptors (Lipinski definition) is 6. The van der Waals surface area contributed by atoms with Crippen LogP contribution in [0.25, 0.3) is 0 Å².